The van der Waals surface area contributed by atoms with Crippen LogP contribution in [0, 0.1) is 0 Å². The predicted octanol–water partition coefficient (Wildman–Crippen LogP) is 5.39. The van der Waals surface area contributed by atoms with E-state index >= 15 is 0 Å². The topological polar surface area (TPSA) is 0 Å². The Kier molecular flexibility index (Phi) is 3.02. The maximum absolute atomic E-state index is 2.37. The van der Waals surface area contributed by atoms with Crippen molar-refractivity contribution >= 4 is 17.0 Å². The molecule has 0 bridgehead atoms. The molecule has 1 atom stereocenters. The Balaban J connectivity index is 1.95. The molecule has 1 unspecified atom stereocenters. The summed E-state index contributed by atoms with van der Waals surface area (Å²) in [5.74, 6) is 0. The molecule has 0 fully saturated rings. The highest BCUT2D eigenvalue weighted by Crippen LogP contribution is 2.52. The smallest absolute Gasteiger partial charge is 0.00228 e. The van der Waals surface area contributed by atoms with Crippen LogP contribution in [0.4, 0.5) is 0 Å². The molecular formula is C18H20S. The Hall–Kier alpha value is -1.47. The maximum atomic E-state index is 2.37. The second-order valence-electron chi connectivity index (χ2n) is 6.04. The maximum Gasteiger partial charge on any atom is 0.00228 e. The van der Waals surface area contributed by atoms with Gasteiger partial charge in [-0.15, -0.1) is 0 Å². The zero-order chi connectivity index (χ0) is 13.5. The monoisotopic (exact) mass is 268 g/mol. The number of rotatable bonds is 1. The SMILES string of the molecule is CC(C)(C)c1ccc([SH]2C=Cc3ccccc32)cc1. The van der Waals surface area contributed by atoms with Gasteiger partial charge in [0.15, 0.2) is 0 Å². The van der Waals surface area contributed by atoms with Crippen molar-refractivity contribution in [3.63, 3.8) is 0 Å². The summed E-state index contributed by atoms with van der Waals surface area (Å²) in [5.41, 5.74) is 3.02. The lowest BCUT2D eigenvalue weighted by molar-refractivity contribution is 0.590. The molecule has 1 aliphatic rings. The van der Waals surface area contributed by atoms with Crippen LogP contribution >= 0.6 is 10.9 Å². The Morgan fingerprint density at radius 3 is 2.21 bits per heavy atom. The normalized spacial score (nSPS) is 19.4. The van der Waals surface area contributed by atoms with Crippen LogP contribution in [0.5, 0.6) is 0 Å². The van der Waals surface area contributed by atoms with Gasteiger partial charge in [-0.3, -0.25) is 0 Å². The minimum absolute atomic E-state index is 0.231. The largest absolute Gasteiger partial charge is 0.179 e. The van der Waals surface area contributed by atoms with E-state index in [4.69, 9.17) is 0 Å². The molecule has 0 aliphatic carbocycles. The fourth-order valence-electron chi connectivity index (χ4n) is 2.43. The van der Waals surface area contributed by atoms with E-state index in [-0.39, 0.29) is 16.3 Å². The van der Waals surface area contributed by atoms with Crippen molar-refractivity contribution in [2.24, 2.45) is 0 Å². The molecule has 1 heteroatoms. The molecular weight excluding hydrogens is 248 g/mol. The van der Waals surface area contributed by atoms with Gasteiger partial charge in [0.1, 0.15) is 0 Å². The molecule has 19 heavy (non-hydrogen) atoms. The lowest BCUT2D eigenvalue weighted by Gasteiger charge is -2.21. The van der Waals surface area contributed by atoms with E-state index in [0.29, 0.717) is 0 Å². The van der Waals surface area contributed by atoms with Crippen molar-refractivity contribution in [2.75, 3.05) is 0 Å². The fraction of sp³-hybridized carbons (Fsp3) is 0.222. The number of hydrogen-bond donors (Lipinski definition) is 1. The van der Waals surface area contributed by atoms with Crippen molar-refractivity contribution in [1.82, 2.24) is 0 Å². The Morgan fingerprint density at radius 1 is 0.842 bits per heavy atom. The van der Waals surface area contributed by atoms with Gasteiger partial charge in [0.05, 0.1) is 0 Å². The van der Waals surface area contributed by atoms with E-state index < -0.39 is 0 Å². The highest BCUT2D eigenvalue weighted by molar-refractivity contribution is 8.20. The van der Waals surface area contributed by atoms with Crippen LogP contribution < -0.4 is 0 Å². The lowest BCUT2D eigenvalue weighted by atomic mass is 9.87. The molecule has 0 amide bonds. The van der Waals surface area contributed by atoms with Crippen LogP contribution in [-0.4, -0.2) is 0 Å². The van der Waals surface area contributed by atoms with Crippen molar-refractivity contribution in [3.05, 3.63) is 65.1 Å². The van der Waals surface area contributed by atoms with Crippen LogP contribution in [0.1, 0.15) is 31.9 Å². The van der Waals surface area contributed by atoms with Crippen LogP contribution in [0.25, 0.3) is 6.08 Å². The zero-order valence-electron chi connectivity index (χ0n) is 11.7. The summed E-state index contributed by atoms with van der Waals surface area (Å²) in [7, 11) is -0.285. The van der Waals surface area contributed by atoms with Crippen molar-refractivity contribution in [2.45, 2.75) is 36.0 Å². The molecule has 1 heterocycles. The predicted molar refractivity (Wildman–Crippen MR) is 86.1 cm³/mol. The van der Waals surface area contributed by atoms with Crippen molar-refractivity contribution in [3.8, 4) is 0 Å². The van der Waals surface area contributed by atoms with E-state index in [9.17, 15) is 0 Å². The first kappa shape index (κ1) is 12.6. The lowest BCUT2D eigenvalue weighted by Crippen LogP contribution is -2.10. The summed E-state index contributed by atoms with van der Waals surface area (Å²) >= 11 is 0. The molecule has 98 valence electrons. The van der Waals surface area contributed by atoms with Gasteiger partial charge in [-0.05, 0) is 51.1 Å². The number of thiol groups is 1. The third-order valence-electron chi connectivity index (χ3n) is 3.61. The summed E-state index contributed by atoms with van der Waals surface area (Å²) < 4.78 is 0. The van der Waals surface area contributed by atoms with Gasteiger partial charge in [0, 0.05) is 4.90 Å². The Labute approximate surface area is 118 Å². The molecule has 0 aromatic heterocycles. The van der Waals surface area contributed by atoms with E-state index in [1.807, 2.05) is 0 Å². The third-order valence-corrected chi connectivity index (χ3v) is 5.84. The highest BCUT2D eigenvalue weighted by Gasteiger charge is 2.17. The van der Waals surface area contributed by atoms with Crippen LogP contribution in [0.15, 0.2) is 63.7 Å². The third kappa shape index (κ3) is 2.35. The quantitative estimate of drug-likeness (QED) is 0.659. The minimum atomic E-state index is -0.285. The fourth-order valence-corrected chi connectivity index (χ4v) is 4.49. The highest BCUT2D eigenvalue weighted by atomic mass is 32.2. The van der Waals surface area contributed by atoms with Gasteiger partial charge in [-0.1, -0.05) is 51.1 Å². The first-order chi connectivity index (χ1) is 9.05. The van der Waals surface area contributed by atoms with Gasteiger partial charge in [0.25, 0.3) is 0 Å². The van der Waals surface area contributed by atoms with Crippen LogP contribution in [0.2, 0.25) is 0 Å². The average Bonchev–Trinajstić information content (AvgIpc) is 2.82. The Morgan fingerprint density at radius 2 is 1.53 bits per heavy atom. The van der Waals surface area contributed by atoms with E-state index in [2.05, 4.69) is 80.8 Å². The number of hydrogen-bond acceptors (Lipinski definition) is 0. The molecule has 0 spiro atoms. The van der Waals surface area contributed by atoms with Crippen LogP contribution in [-0.2, 0) is 5.41 Å². The molecule has 3 rings (SSSR count). The van der Waals surface area contributed by atoms with Crippen LogP contribution in [0.3, 0.4) is 0 Å². The summed E-state index contributed by atoms with van der Waals surface area (Å²) in [6.45, 7) is 6.79. The molecule has 0 N–H and O–H groups in total. The second-order valence-corrected chi connectivity index (χ2v) is 8.08. The van der Waals surface area contributed by atoms with E-state index in [1.165, 1.54) is 20.9 Å². The summed E-state index contributed by atoms with van der Waals surface area (Å²) in [6.07, 6.45) is 2.26. The van der Waals surface area contributed by atoms with Gasteiger partial charge in [-0.25, -0.2) is 0 Å². The molecule has 2 aromatic carbocycles. The van der Waals surface area contributed by atoms with Gasteiger partial charge >= 0.3 is 0 Å². The summed E-state index contributed by atoms with van der Waals surface area (Å²) in [5, 5.41) is 2.37. The zero-order valence-corrected chi connectivity index (χ0v) is 12.6. The molecule has 1 aliphatic heterocycles. The molecule has 2 aromatic rings. The average molecular weight is 268 g/mol. The number of benzene rings is 2. The van der Waals surface area contributed by atoms with E-state index in [1.54, 1.807) is 0 Å². The summed E-state index contributed by atoms with van der Waals surface area (Å²) in [4.78, 5) is 2.94. The molecule has 0 saturated carbocycles. The summed E-state index contributed by atoms with van der Waals surface area (Å²) in [6, 6.07) is 17.9. The standard InChI is InChI=1S/C18H20S/c1-18(2,3)15-8-10-16(11-9-15)19-13-12-14-6-4-5-7-17(14)19/h4-13,19H,1-3H3. The minimum Gasteiger partial charge on any atom is -0.179 e. The van der Waals surface area contributed by atoms with Crippen molar-refractivity contribution < 1.29 is 0 Å². The second kappa shape index (κ2) is 4.57. The molecule has 0 nitrogen and oxygen atoms in total. The first-order valence-corrected chi connectivity index (χ1v) is 8.14. The van der Waals surface area contributed by atoms with Gasteiger partial charge in [0.2, 0.25) is 0 Å². The first-order valence-electron chi connectivity index (χ1n) is 6.73. The van der Waals surface area contributed by atoms with Gasteiger partial charge < -0.3 is 0 Å². The molecule has 0 saturated heterocycles. The Bertz CT molecular complexity index is 615. The van der Waals surface area contributed by atoms with Gasteiger partial charge in [-0.2, -0.15) is 10.9 Å². The van der Waals surface area contributed by atoms with E-state index in [0.717, 1.165) is 0 Å². The van der Waals surface area contributed by atoms with Crippen molar-refractivity contribution in [1.29, 1.82) is 0 Å². The molecule has 0 radical (unpaired) electrons. The number of fused-ring (bicyclic) bond motifs is 1.